The molecule has 0 aliphatic carbocycles. The number of hydrogen-bond donors (Lipinski definition) is 1. The molecule has 3 aromatic rings. The Morgan fingerprint density at radius 2 is 1.90 bits per heavy atom. The summed E-state index contributed by atoms with van der Waals surface area (Å²) < 4.78 is 1.66. The number of thioether (sulfide) groups is 1. The first-order valence-corrected chi connectivity index (χ1v) is 11.1. The summed E-state index contributed by atoms with van der Waals surface area (Å²) in [6.07, 6.45) is 0.827. The molecule has 2 aromatic heterocycles. The lowest BCUT2D eigenvalue weighted by Crippen LogP contribution is -2.32. The second-order valence-corrected chi connectivity index (χ2v) is 8.58. The molecule has 0 spiro atoms. The van der Waals surface area contributed by atoms with E-state index in [1.165, 1.54) is 11.8 Å². The Morgan fingerprint density at radius 3 is 2.53 bits per heavy atom. The third kappa shape index (κ3) is 5.17. The largest absolute Gasteiger partial charge is 0.348 e. The maximum Gasteiger partial charge on any atom is 0.274 e. The van der Waals surface area contributed by atoms with Crippen LogP contribution >= 0.6 is 23.4 Å². The number of carbonyl (C=O) groups is 1. The molecular weight excluding hydrogens is 420 g/mol. The molecule has 158 valence electrons. The third-order valence-corrected chi connectivity index (χ3v) is 5.93. The summed E-state index contributed by atoms with van der Waals surface area (Å²) in [6.45, 7) is 9.78. The van der Waals surface area contributed by atoms with Crippen LogP contribution in [0, 0.1) is 20.8 Å². The van der Waals surface area contributed by atoms with Gasteiger partial charge < -0.3 is 5.32 Å². The molecule has 1 N–H and O–H groups in total. The zero-order valence-corrected chi connectivity index (χ0v) is 19.3. The van der Waals surface area contributed by atoms with Gasteiger partial charge in [0.05, 0.1) is 11.4 Å². The number of aryl methyl sites for hydroxylation is 3. The first kappa shape index (κ1) is 22.2. The summed E-state index contributed by atoms with van der Waals surface area (Å²) in [5.74, 6) is 0.190. The molecular formula is C21H25ClN6OS. The summed E-state index contributed by atoms with van der Waals surface area (Å²) in [6, 6.07) is 7.62. The number of halogens is 1. The molecule has 0 saturated carbocycles. The Balaban J connectivity index is 1.98. The van der Waals surface area contributed by atoms with Crippen LogP contribution < -0.4 is 5.32 Å². The van der Waals surface area contributed by atoms with Crippen LogP contribution in [0.15, 0.2) is 29.4 Å². The maximum atomic E-state index is 12.8. The summed E-state index contributed by atoms with van der Waals surface area (Å²) in [4.78, 5) is 21.8. The van der Waals surface area contributed by atoms with Gasteiger partial charge in [-0.05, 0) is 57.9 Å². The lowest BCUT2D eigenvalue weighted by atomic mass is 10.2. The van der Waals surface area contributed by atoms with Crippen molar-refractivity contribution in [1.29, 1.82) is 0 Å². The molecule has 0 radical (unpaired) electrons. The number of carbonyl (C=O) groups excluding carboxylic acids is 1. The molecule has 0 fully saturated rings. The van der Waals surface area contributed by atoms with Gasteiger partial charge in [-0.3, -0.25) is 4.79 Å². The average molecular weight is 445 g/mol. The highest BCUT2D eigenvalue weighted by molar-refractivity contribution is 7.98. The van der Waals surface area contributed by atoms with E-state index >= 15 is 0 Å². The minimum atomic E-state index is -0.245. The fourth-order valence-corrected chi connectivity index (χ4v) is 3.93. The van der Waals surface area contributed by atoms with Crippen molar-refractivity contribution in [1.82, 2.24) is 30.3 Å². The number of aromatic nitrogens is 5. The lowest BCUT2D eigenvalue weighted by Gasteiger charge is -2.12. The lowest BCUT2D eigenvalue weighted by molar-refractivity contribution is 0.0933. The van der Waals surface area contributed by atoms with Crippen LogP contribution in [0.25, 0.3) is 5.69 Å². The van der Waals surface area contributed by atoms with Gasteiger partial charge in [-0.25, -0.2) is 14.6 Å². The van der Waals surface area contributed by atoms with Gasteiger partial charge in [0.15, 0.2) is 10.9 Å². The second-order valence-electron chi connectivity index (χ2n) is 7.23. The van der Waals surface area contributed by atoms with E-state index in [0.29, 0.717) is 27.3 Å². The van der Waals surface area contributed by atoms with E-state index in [1.54, 1.807) is 4.68 Å². The maximum absolute atomic E-state index is 12.8. The van der Waals surface area contributed by atoms with Gasteiger partial charge in [-0.15, -0.1) is 5.10 Å². The van der Waals surface area contributed by atoms with Gasteiger partial charge in [0.2, 0.25) is 0 Å². The van der Waals surface area contributed by atoms with E-state index in [-0.39, 0.29) is 11.9 Å². The molecule has 1 unspecified atom stereocenters. The molecule has 0 aliphatic rings. The normalized spacial score (nSPS) is 12.1. The summed E-state index contributed by atoms with van der Waals surface area (Å²) in [5.41, 5.74) is 4.48. The Labute approximate surface area is 185 Å². The molecule has 7 nitrogen and oxygen atoms in total. The van der Waals surface area contributed by atoms with Crippen molar-refractivity contribution >= 4 is 29.3 Å². The molecule has 1 atom stereocenters. The molecule has 0 aliphatic heterocycles. The molecule has 0 saturated heterocycles. The molecule has 1 aromatic carbocycles. The van der Waals surface area contributed by atoms with Gasteiger partial charge in [0, 0.05) is 28.2 Å². The zero-order valence-electron chi connectivity index (χ0n) is 17.7. The van der Waals surface area contributed by atoms with Crippen LogP contribution in [0.2, 0.25) is 5.02 Å². The molecule has 0 bridgehead atoms. The fraction of sp³-hybridized carbons (Fsp3) is 0.381. The van der Waals surface area contributed by atoms with Crippen molar-refractivity contribution in [2.75, 3.05) is 0 Å². The van der Waals surface area contributed by atoms with Crippen LogP contribution in [0.3, 0.4) is 0 Å². The minimum Gasteiger partial charge on any atom is -0.348 e. The summed E-state index contributed by atoms with van der Waals surface area (Å²) in [5, 5.41) is 12.7. The van der Waals surface area contributed by atoms with Gasteiger partial charge in [0.25, 0.3) is 5.91 Å². The van der Waals surface area contributed by atoms with Crippen molar-refractivity contribution in [2.45, 2.75) is 58.0 Å². The minimum absolute atomic E-state index is 0.0414. The summed E-state index contributed by atoms with van der Waals surface area (Å²) in [7, 11) is 0. The van der Waals surface area contributed by atoms with Crippen LogP contribution in [0.1, 0.15) is 53.4 Å². The quantitative estimate of drug-likeness (QED) is 0.427. The van der Waals surface area contributed by atoms with Crippen molar-refractivity contribution in [3.05, 3.63) is 57.6 Å². The van der Waals surface area contributed by atoms with Crippen LogP contribution in [-0.4, -0.2) is 36.9 Å². The van der Waals surface area contributed by atoms with Gasteiger partial charge in [0.1, 0.15) is 0 Å². The van der Waals surface area contributed by atoms with Crippen molar-refractivity contribution in [3.63, 3.8) is 0 Å². The predicted molar refractivity (Wildman–Crippen MR) is 119 cm³/mol. The monoisotopic (exact) mass is 444 g/mol. The number of nitrogens with zero attached hydrogens (tertiary/aromatic N) is 5. The van der Waals surface area contributed by atoms with E-state index in [2.05, 4.69) is 25.6 Å². The van der Waals surface area contributed by atoms with Crippen LogP contribution in [0.4, 0.5) is 0 Å². The van der Waals surface area contributed by atoms with Crippen LogP contribution in [0.5, 0.6) is 0 Å². The third-order valence-electron chi connectivity index (χ3n) is 4.67. The first-order valence-electron chi connectivity index (χ1n) is 9.75. The zero-order chi connectivity index (χ0) is 21.8. The predicted octanol–water partition coefficient (Wildman–Crippen LogP) is 4.46. The standard InChI is InChI=1S/C21H25ClN6OS/c1-6-13(3)23-20(29)19-18(11-30-21-24-14(4)9-15(5)25-21)28(27-26-19)16-8-7-12(2)17(22)10-16/h7-10,13H,6,11H2,1-5H3,(H,23,29). The van der Waals surface area contributed by atoms with E-state index in [9.17, 15) is 4.79 Å². The van der Waals surface area contributed by atoms with Crippen LogP contribution in [-0.2, 0) is 5.75 Å². The Hall–Kier alpha value is -2.45. The Bertz CT molecular complexity index is 1050. The van der Waals surface area contributed by atoms with Crippen molar-refractivity contribution in [2.24, 2.45) is 0 Å². The molecule has 2 heterocycles. The molecule has 30 heavy (non-hydrogen) atoms. The van der Waals surface area contributed by atoms with Gasteiger partial charge >= 0.3 is 0 Å². The van der Waals surface area contributed by atoms with Crippen molar-refractivity contribution < 1.29 is 4.79 Å². The SMILES string of the molecule is CCC(C)NC(=O)c1nnn(-c2ccc(C)c(Cl)c2)c1CSc1nc(C)cc(C)n1. The highest BCUT2D eigenvalue weighted by Gasteiger charge is 2.22. The van der Waals surface area contributed by atoms with Gasteiger partial charge in [-0.1, -0.05) is 41.6 Å². The van der Waals surface area contributed by atoms with E-state index in [4.69, 9.17) is 11.6 Å². The van der Waals surface area contributed by atoms with E-state index < -0.39 is 0 Å². The Morgan fingerprint density at radius 1 is 1.20 bits per heavy atom. The second kappa shape index (κ2) is 9.57. The molecule has 9 heteroatoms. The molecule has 3 rings (SSSR count). The first-order chi connectivity index (χ1) is 14.3. The number of rotatable bonds is 7. The van der Waals surface area contributed by atoms with Gasteiger partial charge in [-0.2, -0.15) is 0 Å². The van der Waals surface area contributed by atoms with E-state index in [1.807, 2.05) is 58.9 Å². The Kier molecular flexibility index (Phi) is 7.10. The topological polar surface area (TPSA) is 85.6 Å². The number of amides is 1. The average Bonchev–Trinajstić information content (AvgIpc) is 3.11. The fourth-order valence-electron chi connectivity index (χ4n) is 2.81. The number of nitrogens with one attached hydrogen (secondary N) is 1. The van der Waals surface area contributed by atoms with E-state index in [0.717, 1.165) is 29.1 Å². The number of benzene rings is 1. The smallest absolute Gasteiger partial charge is 0.274 e. The summed E-state index contributed by atoms with van der Waals surface area (Å²) >= 11 is 7.76. The molecule has 1 amide bonds. The number of hydrogen-bond acceptors (Lipinski definition) is 6. The van der Waals surface area contributed by atoms with Crippen molar-refractivity contribution in [3.8, 4) is 5.69 Å². The highest BCUT2D eigenvalue weighted by Crippen LogP contribution is 2.25. The highest BCUT2D eigenvalue weighted by atomic mass is 35.5.